The van der Waals surface area contributed by atoms with Gasteiger partial charge in [-0.2, -0.15) is 0 Å². The van der Waals surface area contributed by atoms with Crippen molar-refractivity contribution in [1.29, 1.82) is 0 Å². The number of nitrogens with one attached hydrogen (secondary N) is 1. The smallest absolute Gasteiger partial charge is 0.247 e. The lowest BCUT2D eigenvalue weighted by Gasteiger charge is -2.41. The fourth-order valence-corrected chi connectivity index (χ4v) is 3.03. The fourth-order valence-electron chi connectivity index (χ4n) is 2.33. The molecule has 0 aromatic carbocycles. The first-order valence-electron chi connectivity index (χ1n) is 6.31. The summed E-state index contributed by atoms with van der Waals surface area (Å²) in [6.07, 6.45) is 0. The summed E-state index contributed by atoms with van der Waals surface area (Å²) in [7, 11) is 1.86. The lowest BCUT2D eigenvalue weighted by molar-refractivity contribution is -0.129. The molecular weight excluding hydrogens is 246 g/mol. The van der Waals surface area contributed by atoms with Gasteiger partial charge in [-0.1, -0.05) is 0 Å². The lowest BCUT2D eigenvalue weighted by atomic mass is 10.00. The van der Waals surface area contributed by atoms with E-state index in [1.165, 1.54) is 0 Å². The number of carbonyl (C=O) groups is 1. The van der Waals surface area contributed by atoms with Gasteiger partial charge in [0, 0.05) is 33.2 Å². The molecule has 18 heavy (non-hydrogen) atoms. The van der Waals surface area contributed by atoms with E-state index in [-0.39, 0.29) is 5.91 Å². The Balaban J connectivity index is 2.11. The summed E-state index contributed by atoms with van der Waals surface area (Å²) >= 11 is 1.60. The molecule has 0 aliphatic carbocycles. The van der Waals surface area contributed by atoms with Crippen LogP contribution >= 0.6 is 11.3 Å². The number of amides is 1. The van der Waals surface area contributed by atoms with Crippen molar-refractivity contribution in [3.63, 3.8) is 0 Å². The fraction of sp³-hybridized carbons (Fsp3) is 0.615. The molecule has 1 saturated heterocycles. The van der Waals surface area contributed by atoms with Gasteiger partial charge >= 0.3 is 0 Å². The molecule has 1 amide bonds. The molecule has 0 atom stereocenters. The minimum atomic E-state index is -0.444. The molecule has 0 bridgehead atoms. The van der Waals surface area contributed by atoms with E-state index < -0.39 is 5.54 Å². The standard InChI is InChI=1S/C13H21N3OS/c1-13(2,16-8-6-14-7-9-16)12(17)15(3)11-5-4-10-18-11/h4-5,10,14H,6-9H2,1-3H3. The zero-order valence-corrected chi connectivity index (χ0v) is 12.1. The van der Waals surface area contributed by atoms with Gasteiger partial charge in [0.15, 0.2) is 0 Å². The van der Waals surface area contributed by atoms with Gasteiger partial charge in [0.2, 0.25) is 5.91 Å². The Labute approximate surface area is 113 Å². The summed E-state index contributed by atoms with van der Waals surface area (Å²) in [4.78, 5) is 16.7. The van der Waals surface area contributed by atoms with Gasteiger partial charge < -0.3 is 10.2 Å². The van der Waals surface area contributed by atoms with Crippen LogP contribution in [0.25, 0.3) is 0 Å². The van der Waals surface area contributed by atoms with Gasteiger partial charge in [-0.05, 0) is 31.4 Å². The molecule has 100 valence electrons. The quantitative estimate of drug-likeness (QED) is 0.899. The Morgan fingerprint density at radius 2 is 2.11 bits per heavy atom. The van der Waals surface area contributed by atoms with Gasteiger partial charge in [-0.25, -0.2) is 0 Å². The van der Waals surface area contributed by atoms with Crippen molar-refractivity contribution in [2.24, 2.45) is 0 Å². The molecule has 1 aromatic rings. The van der Waals surface area contributed by atoms with E-state index in [1.54, 1.807) is 16.2 Å². The van der Waals surface area contributed by atoms with Crippen LogP contribution in [0.1, 0.15) is 13.8 Å². The molecule has 1 aliphatic heterocycles. The Morgan fingerprint density at radius 1 is 1.44 bits per heavy atom. The first-order chi connectivity index (χ1) is 8.53. The van der Waals surface area contributed by atoms with Crippen LogP contribution in [0.5, 0.6) is 0 Å². The molecule has 0 unspecified atom stereocenters. The first kappa shape index (κ1) is 13.5. The molecule has 0 radical (unpaired) electrons. The van der Waals surface area contributed by atoms with Crippen molar-refractivity contribution >= 4 is 22.2 Å². The Bertz CT molecular complexity index is 396. The van der Waals surface area contributed by atoms with Crippen molar-refractivity contribution in [3.05, 3.63) is 17.5 Å². The molecule has 4 nitrogen and oxygen atoms in total. The predicted octanol–water partition coefficient (Wildman–Crippen LogP) is 1.39. The van der Waals surface area contributed by atoms with Crippen LogP contribution in [0.2, 0.25) is 0 Å². The van der Waals surface area contributed by atoms with E-state index in [9.17, 15) is 4.79 Å². The largest absolute Gasteiger partial charge is 0.314 e. The number of nitrogens with zero attached hydrogens (tertiary/aromatic N) is 2. The molecule has 1 aromatic heterocycles. The van der Waals surface area contributed by atoms with Crippen LogP contribution in [0.15, 0.2) is 17.5 Å². The third-order valence-electron chi connectivity index (χ3n) is 3.57. The van der Waals surface area contributed by atoms with E-state index in [2.05, 4.69) is 10.2 Å². The van der Waals surface area contributed by atoms with Crippen molar-refractivity contribution < 1.29 is 4.79 Å². The van der Waals surface area contributed by atoms with Crippen LogP contribution in [-0.4, -0.2) is 49.6 Å². The van der Waals surface area contributed by atoms with E-state index >= 15 is 0 Å². The van der Waals surface area contributed by atoms with Crippen molar-refractivity contribution in [2.45, 2.75) is 19.4 Å². The second-order valence-corrected chi connectivity index (χ2v) is 6.04. The Morgan fingerprint density at radius 3 is 2.67 bits per heavy atom. The van der Waals surface area contributed by atoms with Gasteiger partial charge in [-0.3, -0.25) is 9.69 Å². The molecular formula is C13H21N3OS. The van der Waals surface area contributed by atoms with Crippen LogP contribution in [-0.2, 0) is 4.79 Å². The van der Waals surface area contributed by atoms with Gasteiger partial charge in [0.05, 0.1) is 10.5 Å². The third-order valence-corrected chi connectivity index (χ3v) is 4.52. The highest BCUT2D eigenvalue weighted by molar-refractivity contribution is 7.14. The second-order valence-electron chi connectivity index (χ2n) is 5.11. The lowest BCUT2D eigenvalue weighted by Crippen LogP contribution is -2.60. The third kappa shape index (κ3) is 2.58. The molecule has 0 spiro atoms. The van der Waals surface area contributed by atoms with Gasteiger partial charge in [0.25, 0.3) is 0 Å². The molecule has 1 aliphatic rings. The van der Waals surface area contributed by atoms with Crippen molar-refractivity contribution in [3.8, 4) is 0 Å². The molecule has 1 fully saturated rings. The summed E-state index contributed by atoms with van der Waals surface area (Å²) in [6.45, 7) is 7.81. The summed E-state index contributed by atoms with van der Waals surface area (Å²) in [6, 6.07) is 3.96. The summed E-state index contributed by atoms with van der Waals surface area (Å²) in [5, 5.41) is 6.32. The monoisotopic (exact) mass is 267 g/mol. The van der Waals surface area contributed by atoms with Crippen molar-refractivity contribution in [1.82, 2.24) is 10.2 Å². The highest BCUT2D eigenvalue weighted by Gasteiger charge is 2.37. The molecule has 2 heterocycles. The van der Waals surface area contributed by atoms with Crippen LogP contribution in [0, 0.1) is 0 Å². The summed E-state index contributed by atoms with van der Waals surface area (Å²) in [5.41, 5.74) is -0.444. The number of anilines is 1. The number of hydrogen-bond donors (Lipinski definition) is 1. The maximum Gasteiger partial charge on any atom is 0.247 e. The zero-order valence-electron chi connectivity index (χ0n) is 11.3. The highest BCUT2D eigenvalue weighted by Crippen LogP contribution is 2.25. The maximum absolute atomic E-state index is 12.6. The number of rotatable bonds is 3. The second kappa shape index (κ2) is 5.38. The number of piperazine rings is 1. The topological polar surface area (TPSA) is 35.6 Å². The molecule has 0 saturated carbocycles. The minimum absolute atomic E-state index is 0.159. The maximum atomic E-state index is 12.6. The SMILES string of the molecule is CN(C(=O)C(C)(C)N1CCNCC1)c1cccs1. The van der Waals surface area contributed by atoms with Crippen LogP contribution < -0.4 is 10.2 Å². The van der Waals surface area contributed by atoms with Crippen molar-refractivity contribution in [2.75, 3.05) is 38.1 Å². The highest BCUT2D eigenvalue weighted by atomic mass is 32.1. The van der Waals surface area contributed by atoms with Gasteiger partial charge in [-0.15, -0.1) is 11.3 Å². The summed E-state index contributed by atoms with van der Waals surface area (Å²) in [5.74, 6) is 0.159. The van der Waals surface area contributed by atoms with E-state index in [4.69, 9.17) is 0 Å². The van der Waals surface area contributed by atoms with Gasteiger partial charge in [0.1, 0.15) is 0 Å². The number of likely N-dealkylation sites (N-methyl/N-ethyl adjacent to an activating group) is 1. The molecule has 5 heteroatoms. The Kier molecular flexibility index (Phi) is 4.04. The molecule has 2 rings (SSSR count). The zero-order chi connectivity index (χ0) is 13.2. The molecule has 1 N–H and O–H groups in total. The number of carbonyl (C=O) groups excluding carboxylic acids is 1. The van der Waals surface area contributed by atoms with E-state index in [0.29, 0.717) is 0 Å². The van der Waals surface area contributed by atoms with Crippen LogP contribution in [0.3, 0.4) is 0 Å². The first-order valence-corrected chi connectivity index (χ1v) is 7.19. The Hall–Kier alpha value is -0.910. The average molecular weight is 267 g/mol. The van der Waals surface area contributed by atoms with E-state index in [1.807, 2.05) is 38.4 Å². The van der Waals surface area contributed by atoms with E-state index in [0.717, 1.165) is 31.2 Å². The van der Waals surface area contributed by atoms with Crippen LogP contribution in [0.4, 0.5) is 5.00 Å². The normalized spacial score (nSPS) is 17.7. The minimum Gasteiger partial charge on any atom is -0.314 e. The number of hydrogen-bond acceptors (Lipinski definition) is 4. The number of thiophene rings is 1. The average Bonchev–Trinajstić information content (AvgIpc) is 2.92. The summed E-state index contributed by atoms with van der Waals surface area (Å²) < 4.78 is 0. The predicted molar refractivity (Wildman–Crippen MR) is 76.3 cm³/mol.